The predicted molar refractivity (Wildman–Crippen MR) is 129 cm³/mol. The molecule has 2 saturated heterocycles. The molecule has 4 heterocycles. The minimum Gasteiger partial charge on any atom is -0.338 e. The van der Waals surface area contributed by atoms with Gasteiger partial charge in [0, 0.05) is 26.3 Å². The predicted octanol–water partition coefficient (Wildman–Crippen LogP) is 4.89. The fourth-order valence-corrected chi connectivity index (χ4v) is 5.17. The highest BCUT2D eigenvalue weighted by molar-refractivity contribution is 6.33. The Kier molecular flexibility index (Phi) is 6.64. The highest BCUT2D eigenvalue weighted by Gasteiger charge is 2.39. The molecule has 2 fully saturated rings. The topological polar surface area (TPSA) is 54.3 Å². The second-order valence-corrected chi connectivity index (χ2v) is 11.2. The van der Waals surface area contributed by atoms with Crippen LogP contribution in [0.3, 0.4) is 0 Å². The summed E-state index contributed by atoms with van der Waals surface area (Å²) in [7, 11) is 1.77. The van der Waals surface area contributed by atoms with E-state index < -0.39 is 0 Å². The van der Waals surface area contributed by atoms with Crippen molar-refractivity contribution in [2.24, 2.45) is 17.9 Å². The molecule has 0 aliphatic carbocycles. The lowest BCUT2D eigenvalue weighted by molar-refractivity contribution is 0.0283. The third-order valence-electron chi connectivity index (χ3n) is 7.30. The number of piperidine rings is 2. The van der Waals surface area contributed by atoms with E-state index in [0.717, 1.165) is 25.9 Å². The molecule has 2 aromatic heterocycles. The van der Waals surface area contributed by atoms with Crippen LogP contribution in [-0.4, -0.2) is 63.2 Å². The average Bonchev–Trinajstić information content (AvgIpc) is 3.08. The van der Waals surface area contributed by atoms with Crippen molar-refractivity contribution in [2.75, 3.05) is 32.7 Å². The summed E-state index contributed by atoms with van der Waals surface area (Å²) in [5.41, 5.74) is 2.49. The Morgan fingerprint density at radius 2 is 1.75 bits per heavy atom. The molecule has 0 N–H and O–H groups in total. The van der Waals surface area contributed by atoms with Crippen LogP contribution in [0.1, 0.15) is 63.2 Å². The monoisotopic (exact) mass is 457 g/mol. The molecule has 2 aromatic rings. The normalized spacial score (nSPS) is 19.5. The van der Waals surface area contributed by atoms with E-state index in [1.54, 1.807) is 17.9 Å². The summed E-state index contributed by atoms with van der Waals surface area (Å²) in [6, 6.07) is 5.62. The van der Waals surface area contributed by atoms with Crippen molar-refractivity contribution in [2.45, 2.75) is 52.9 Å². The van der Waals surface area contributed by atoms with Crippen LogP contribution in [0, 0.1) is 10.8 Å². The summed E-state index contributed by atoms with van der Waals surface area (Å²) in [5, 5.41) is 4.87. The Balaban J connectivity index is 1.39. The Morgan fingerprint density at radius 1 is 1.09 bits per heavy atom. The lowest BCUT2D eigenvalue weighted by Gasteiger charge is -2.47. The maximum Gasteiger partial charge on any atom is 0.259 e. The zero-order valence-electron chi connectivity index (χ0n) is 19.9. The minimum atomic E-state index is -0.0267. The maximum atomic E-state index is 13.5. The van der Waals surface area contributed by atoms with E-state index in [-0.39, 0.29) is 5.91 Å². The van der Waals surface area contributed by atoms with Crippen molar-refractivity contribution in [3.8, 4) is 11.4 Å². The van der Waals surface area contributed by atoms with Crippen molar-refractivity contribution in [3.05, 3.63) is 35.1 Å². The molecule has 1 amide bonds. The highest BCUT2D eigenvalue weighted by Crippen LogP contribution is 2.42. The lowest BCUT2D eigenvalue weighted by atomic mass is 9.71. The average molecular weight is 458 g/mol. The van der Waals surface area contributed by atoms with Crippen LogP contribution in [0.25, 0.3) is 11.4 Å². The van der Waals surface area contributed by atoms with E-state index >= 15 is 0 Å². The number of likely N-dealkylation sites (tertiary alicyclic amines) is 2. The van der Waals surface area contributed by atoms with Crippen LogP contribution >= 0.6 is 11.6 Å². The van der Waals surface area contributed by atoms with E-state index in [2.05, 4.69) is 35.8 Å². The van der Waals surface area contributed by atoms with E-state index in [1.807, 2.05) is 23.1 Å². The third-order valence-corrected chi connectivity index (χ3v) is 7.74. The number of pyridine rings is 1. The number of rotatable bonds is 4. The first-order valence-electron chi connectivity index (χ1n) is 11.8. The lowest BCUT2D eigenvalue weighted by Crippen LogP contribution is -2.48. The molecule has 0 bridgehead atoms. The van der Waals surface area contributed by atoms with Crippen molar-refractivity contribution in [1.29, 1.82) is 0 Å². The van der Waals surface area contributed by atoms with Gasteiger partial charge in [-0.1, -0.05) is 38.4 Å². The van der Waals surface area contributed by atoms with Gasteiger partial charge in [-0.2, -0.15) is 5.10 Å². The molecular formula is C25H36ClN5O. The van der Waals surface area contributed by atoms with Gasteiger partial charge in [-0.15, -0.1) is 0 Å². The molecule has 7 heteroatoms. The molecule has 0 unspecified atom stereocenters. The summed E-state index contributed by atoms with van der Waals surface area (Å²) in [5.74, 6) is -0.0267. The highest BCUT2D eigenvalue weighted by atomic mass is 35.5. The SMILES string of the molecule is Cn1nc(-c2ccccn2)c(C(=O)N2CCC3(CCN(CCC(C)(C)C)CC3)CC2)c1Cl. The summed E-state index contributed by atoms with van der Waals surface area (Å²) in [6.45, 7) is 12.1. The van der Waals surface area contributed by atoms with E-state index in [4.69, 9.17) is 11.6 Å². The van der Waals surface area contributed by atoms with Gasteiger partial charge in [0.15, 0.2) is 0 Å². The molecule has 0 saturated carbocycles. The van der Waals surface area contributed by atoms with Crippen LogP contribution in [0.15, 0.2) is 24.4 Å². The van der Waals surface area contributed by atoms with Crippen molar-refractivity contribution in [1.82, 2.24) is 24.6 Å². The first-order valence-corrected chi connectivity index (χ1v) is 12.2. The van der Waals surface area contributed by atoms with Crippen molar-refractivity contribution >= 4 is 17.5 Å². The number of hydrogen-bond donors (Lipinski definition) is 0. The zero-order valence-corrected chi connectivity index (χ0v) is 20.7. The van der Waals surface area contributed by atoms with Crippen molar-refractivity contribution < 1.29 is 4.79 Å². The number of carbonyl (C=O) groups is 1. The number of aromatic nitrogens is 3. The number of nitrogens with zero attached hydrogens (tertiary/aromatic N) is 5. The smallest absolute Gasteiger partial charge is 0.259 e. The molecule has 174 valence electrons. The quantitative estimate of drug-likeness (QED) is 0.655. The summed E-state index contributed by atoms with van der Waals surface area (Å²) < 4.78 is 1.57. The number of hydrogen-bond acceptors (Lipinski definition) is 4. The standard InChI is InChI=1S/C25H36ClN5O/c1-24(2,3)8-14-30-15-9-25(10-16-30)11-17-31(18-12-25)23(32)20-21(28-29(4)22(20)26)19-7-5-6-13-27-19/h5-7,13H,8-12,14-18H2,1-4H3. The van der Waals surface area contributed by atoms with Crippen LogP contribution in [-0.2, 0) is 7.05 Å². The second kappa shape index (κ2) is 9.14. The number of halogens is 1. The first kappa shape index (κ1) is 23.2. The largest absolute Gasteiger partial charge is 0.338 e. The van der Waals surface area contributed by atoms with Gasteiger partial charge in [-0.3, -0.25) is 14.5 Å². The molecule has 6 nitrogen and oxygen atoms in total. The van der Waals surface area contributed by atoms with Gasteiger partial charge in [0.1, 0.15) is 16.4 Å². The molecule has 0 aromatic carbocycles. The number of amides is 1. The van der Waals surface area contributed by atoms with Gasteiger partial charge >= 0.3 is 0 Å². The molecular weight excluding hydrogens is 422 g/mol. The van der Waals surface area contributed by atoms with Gasteiger partial charge in [-0.25, -0.2) is 0 Å². The summed E-state index contributed by atoms with van der Waals surface area (Å²) in [4.78, 5) is 22.5. The van der Waals surface area contributed by atoms with Crippen LogP contribution < -0.4 is 0 Å². The number of carbonyl (C=O) groups excluding carboxylic acids is 1. The minimum absolute atomic E-state index is 0.0267. The Bertz CT molecular complexity index is 931. The molecule has 2 aliphatic heterocycles. The molecule has 4 rings (SSSR count). The zero-order chi connectivity index (χ0) is 22.9. The van der Waals surface area contributed by atoms with E-state index in [9.17, 15) is 4.79 Å². The van der Waals surface area contributed by atoms with Crippen LogP contribution in [0.4, 0.5) is 0 Å². The maximum absolute atomic E-state index is 13.5. The fourth-order valence-electron chi connectivity index (χ4n) is 4.96. The van der Waals surface area contributed by atoms with Crippen LogP contribution in [0.2, 0.25) is 5.15 Å². The molecule has 0 atom stereocenters. The van der Waals surface area contributed by atoms with Gasteiger partial charge in [-0.05, 0) is 74.7 Å². The second-order valence-electron chi connectivity index (χ2n) is 10.8. The summed E-state index contributed by atoms with van der Waals surface area (Å²) in [6.07, 6.45) is 7.58. The van der Waals surface area contributed by atoms with E-state index in [0.29, 0.717) is 32.9 Å². The van der Waals surface area contributed by atoms with Crippen LogP contribution in [0.5, 0.6) is 0 Å². The van der Waals surface area contributed by atoms with Gasteiger partial charge in [0.2, 0.25) is 0 Å². The summed E-state index contributed by atoms with van der Waals surface area (Å²) >= 11 is 6.52. The van der Waals surface area contributed by atoms with Gasteiger partial charge in [0.25, 0.3) is 5.91 Å². The molecule has 1 spiro atoms. The van der Waals surface area contributed by atoms with Crippen molar-refractivity contribution in [3.63, 3.8) is 0 Å². The Hall–Kier alpha value is -1.92. The third kappa shape index (κ3) is 5.01. The fraction of sp³-hybridized carbons (Fsp3) is 0.640. The van der Waals surface area contributed by atoms with E-state index in [1.165, 1.54) is 38.9 Å². The van der Waals surface area contributed by atoms with Gasteiger partial charge in [0.05, 0.1) is 5.69 Å². The van der Waals surface area contributed by atoms with Gasteiger partial charge < -0.3 is 9.80 Å². The first-order chi connectivity index (χ1) is 15.2. The number of aryl methyl sites for hydroxylation is 1. The molecule has 32 heavy (non-hydrogen) atoms. The molecule has 2 aliphatic rings. The Morgan fingerprint density at radius 3 is 2.34 bits per heavy atom. The molecule has 0 radical (unpaired) electrons. The Labute approximate surface area is 196 Å².